The first-order valence-electron chi connectivity index (χ1n) is 9.56. The lowest BCUT2D eigenvalue weighted by Gasteiger charge is -2.14. The van der Waals surface area contributed by atoms with Crippen LogP contribution in [0.1, 0.15) is 11.1 Å². The molecule has 1 aromatic heterocycles. The van der Waals surface area contributed by atoms with Gasteiger partial charge in [0.2, 0.25) is 0 Å². The first-order valence-corrected chi connectivity index (χ1v) is 9.56. The number of nitrogens with zero attached hydrogens (tertiary/aromatic N) is 2. The number of aliphatic imine (C=N–C) groups is 1. The summed E-state index contributed by atoms with van der Waals surface area (Å²) < 4.78 is 12.3. The Morgan fingerprint density at radius 1 is 0.968 bits per heavy atom. The van der Waals surface area contributed by atoms with Gasteiger partial charge in [-0.15, -0.1) is 24.0 Å². The van der Waals surface area contributed by atoms with Gasteiger partial charge in [0.25, 0.3) is 5.56 Å². The highest BCUT2D eigenvalue weighted by Crippen LogP contribution is 2.29. The first kappa shape index (κ1) is 24.3. The van der Waals surface area contributed by atoms with Crippen LogP contribution in [0.15, 0.2) is 76.6 Å². The van der Waals surface area contributed by atoms with Crippen LogP contribution in [0.2, 0.25) is 0 Å². The smallest absolute Gasteiger partial charge is 0.250 e. The van der Waals surface area contributed by atoms with Crippen LogP contribution in [0.4, 0.5) is 5.69 Å². The fourth-order valence-electron chi connectivity index (χ4n) is 2.97. The van der Waals surface area contributed by atoms with Crippen LogP contribution in [0.25, 0.3) is 0 Å². The molecule has 0 unspecified atom stereocenters. The molecule has 0 amide bonds. The van der Waals surface area contributed by atoms with E-state index in [4.69, 9.17) is 9.47 Å². The lowest BCUT2D eigenvalue weighted by atomic mass is 10.1. The Morgan fingerprint density at radius 3 is 2.32 bits per heavy atom. The van der Waals surface area contributed by atoms with E-state index in [1.807, 2.05) is 48.5 Å². The van der Waals surface area contributed by atoms with Gasteiger partial charge in [0, 0.05) is 37.6 Å². The van der Waals surface area contributed by atoms with Gasteiger partial charge in [0.1, 0.15) is 0 Å². The topological polar surface area (TPSA) is 76.9 Å². The van der Waals surface area contributed by atoms with Crippen LogP contribution in [-0.4, -0.2) is 31.8 Å². The summed E-state index contributed by atoms with van der Waals surface area (Å²) in [4.78, 5) is 16.1. The highest BCUT2D eigenvalue weighted by atomic mass is 127. The molecule has 2 N–H and O–H groups in total. The summed E-state index contributed by atoms with van der Waals surface area (Å²) >= 11 is 0. The Labute approximate surface area is 199 Å². The molecule has 0 saturated heterocycles. The molecule has 0 aliphatic rings. The number of guanidine groups is 1. The summed E-state index contributed by atoms with van der Waals surface area (Å²) in [5.74, 6) is 1.96. The van der Waals surface area contributed by atoms with E-state index in [9.17, 15) is 4.79 Å². The zero-order valence-corrected chi connectivity index (χ0v) is 20.1. The fourth-order valence-corrected chi connectivity index (χ4v) is 2.97. The number of pyridine rings is 1. The number of nitrogens with one attached hydrogen (secondary N) is 2. The molecule has 3 aromatic rings. The number of rotatable bonds is 7. The van der Waals surface area contributed by atoms with E-state index >= 15 is 0 Å². The molecule has 0 spiro atoms. The van der Waals surface area contributed by atoms with E-state index in [-0.39, 0.29) is 29.5 Å². The van der Waals surface area contributed by atoms with Gasteiger partial charge in [-0.05, 0) is 29.3 Å². The molecule has 0 aliphatic carbocycles. The molecular weight excluding hydrogens is 507 g/mol. The zero-order chi connectivity index (χ0) is 21.3. The third-order valence-corrected chi connectivity index (χ3v) is 4.60. The van der Waals surface area contributed by atoms with E-state index in [1.54, 1.807) is 44.2 Å². The SMILES string of the molecule is CN=C(NCc1ccc(Cn2ccccc2=O)cc1)Nc1ccc(OC)c(OC)c1.I. The Kier molecular flexibility index (Phi) is 9.39. The molecule has 3 rings (SSSR count). The lowest BCUT2D eigenvalue weighted by Crippen LogP contribution is -2.30. The van der Waals surface area contributed by atoms with Crippen molar-refractivity contribution < 1.29 is 9.47 Å². The second kappa shape index (κ2) is 12.0. The molecule has 31 heavy (non-hydrogen) atoms. The predicted octanol–water partition coefficient (Wildman–Crippen LogP) is 3.72. The number of aromatic nitrogens is 1. The van der Waals surface area contributed by atoms with E-state index in [2.05, 4.69) is 15.6 Å². The first-order chi connectivity index (χ1) is 14.6. The Bertz CT molecular complexity index is 1060. The van der Waals surface area contributed by atoms with Crippen molar-refractivity contribution in [2.45, 2.75) is 13.1 Å². The highest BCUT2D eigenvalue weighted by Gasteiger charge is 2.06. The fraction of sp³-hybridized carbons (Fsp3) is 0.217. The van der Waals surface area contributed by atoms with Gasteiger partial charge in [0.15, 0.2) is 17.5 Å². The highest BCUT2D eigenvalue weighted by molar-refractivity contribution is 14.0. The molecule has 0 fully saturated rings. The number of methoxy groups -OCH3 is 2. The van der Waals surface area contributed by atoms with Crippen molar-refractivity contribution in [1.82, 2.24) is 9.88 Å². The minimum absolute atomic E-state index is 0. The molecule has 0 aliphatic heterocycles. The molecule has 0 atom stereocenters. The summed E-state index contributed by atoms with van der Waals surface area (Å²) in [5, 5.41) is 6.53. The molecule has 0 radical (unpaired) electrons. The van der Waals surface area contributed by atoms with E-state index in [0.29, 0.717) is 30.5 Å². The molecule has 8 heteroatoms. The average Bonchev–Trinajstić information content (AvgIpc) is 2.79. The van der Waals surface area contributed by atoms with Gasteiger partial charge in [-0.2, -0.15) is 0 Å². The van der Waals surface area contributed by atoms with E-state index < -0.39 is 0 Å². The molecule has 2 aromatic carbocycles. The van der Waals surface area contributed by atoms with Crippen LogP contribution in [0.5, 0.6) is 11.5 Å². The van der Waals surface area contributed by atoms with Crippen molar-refractivity contribution in [3.63, 3.8) is 0 Å². The van der Waals surface area contributed by atoms with Crippen LogP contribution >= 0.6 is 24.0 Å². The maximum atomic E-state index is 11.8. The van der Waals surface area contributed by atoms with Gasteiger partial charge in [0.05, 0.1) is 20.8 Å². The summed E-state index contributed by atoms with van der Waals surface area (Å²) in [5.41, 5.74) is 3.01. The van der Waals surface area contributed by atoms with Gasteiger partial charge < -0.3 is 24.7 Å². The minimum Gasteiger partial charge on any atom is -0.493 e. The number of hydrogen-bond donors (Lipinski definition) is 2. The van der Waals surface area contributed by atoms with Crippen LogP contribution < -0.4 is 25.7 Å². The predicted molar refractivity (Wildman–Crippen MR) is 135 cm³/mol. The zero-order valence-electron chi connectivity index (χ0n) is 17.8. The molecule has 0 saturated carbocycles. The third kappa shape index (κ3) is 6.74. The standard InChI is InChI=1S/C23H26N4O3.HI/c1-24-23(26-19-11-12-20(29-2)21(14-19)30-3)25-15-17-7-9-18(10-8-17)16-27-13-5-4-6-22(27)28;/h4-14H,15-16H2,1-3H3,(H2,24,25,26);1H. The van der Waals surface area contributed by atoms with Gasteiger partial charge >= 0.3 is 0 Å². The van der Waals surface area contributed by atoms with Gasteiger partial charge in [-0.1, -0.05) is 30.3 Å². The van der Waals surface area contributed by atoms with Crippen LogP contribution in [0.3, 0.4) is 0 Å². The second-order valence-corrected chi connectivity index (χ2v) is 6.60. The number of ether oxygens (including phenoxy) is 2. The van der Waals surface area contributed by atoms with Crippen molar-refractivity contribution in [2.24, 2.45) is 4.99 Å². The van der Waals surface area contributed by atoms with Crippen molar-refractivity contribution >= 4 is 35.6 Å². The summed E-state index contributed by atoms with van der Waals surface area (Å²) in [6.07, 6.45) is 1.79. The summed E-state index contributed by atoms with van der Waals surface area (Å²) in [6.45, 7) is 1.16. The summed E-state index contributed by atoms with van der Waals surface area (Å²) in [7, 11) is 4.93. The Balaban J connectivity index is 0.00000341. The molecular formula is C23H27IN4O3. The summed E-state index contributed by atoms with van der Waals surface area (Å²) in [6, 6.07) is 18.9. The van der Waals surface area contributed by atoms with Crippen molar-refractivity contribution in [3.05, 3.63) is 88.3 Å². The monoisotopic (exact) mass is 534 g/mol. The van der Waals surface area contributed by atoms with Gasteiger partial charge in [-0.25, -0.2) is 0 Å². The van der Waals surface area contributed by atoms with Crippen molar-refractivity contribution in [1.29, 1.82) is 0 Å². The maximum Gasteiger partial charge on any atom is 0.250 e. The normalized spacial score (nSPS) is 10.7. The van der Waals surface area contributed by atoms with Crippen molar-refractivity contribution in [3.8, 4) is 11.5 Å². The molecule has 7 nitrogen and oxygen atoms in total. The maximum absolute atomic E-state index is 11.8. The Morgan fingerprint density at radius 2 is 1.68 bits per heavy atom. The van der Waals surface area contributed by atoms with E-state index in [0.717, 1.165) is 16.8 Å². The number of hydrogen-bond acceptors (Lipinski definition) is 4. The van der Waals surface area contributed by atoms with Crippen LogP contribution in [-0.2, 0) is 13.1 Å². The number of benzene rings is 2. The molecule has 0 bridgehead atoms. The van der Waals surface area contributed by atoms with Crippen LogP contribution in [0, 0.1) is 0 Å². The van der Waals surface area contributed by atoms with Gasteiger partial charge in [-0.3, -0.25) is 9.79 Å². The van der Waals surface area contributed by atoms with E-state index in [1.165, 1.54) is 0 Å². The minimum atomic E-state index is -0.00622. The number of anilines is 1. The van der Waals surface area contributed by atoms with Crippen molar-refractivity contribution in [2.75, 3.05) is 26.6 Å². The molecule has 164 valence electrons. The lowest BCUT2D eigenvalue weighted by molar-refractivity contribution is 0.355. The Hall–Kier alpha value is -3.01. The second-order valence-electron chi connectivity index (χ2n) is 6.60. The quantitative estimate of drug-likeness (QED) is 0.275. The average molecular weight is 534 g/mol. The third-order valence-electron chi connectivity index (χ3n) is 4.60. The molecule has 1 heterocycles. The number of halogens is 1. The largest absolute Gasteiger partial charge is 0.493 e.